The molecule has 5 atom stereocenters. The van der Waals surface area contributed by atoms with Crippen molar-refractivity contribution in [3.05, 3.63) is 11.6 Å². The van der Waals surface area contributed by atoms with Crippen molar-refractivity contribution in [3.63, 3.8) is 0 Å². The van der Waals surface area contributed by atoms with Crippen LogP contribution in [0.1, 0.15) is 39.5 Å². The minimum Gasteiger partial charge on any atom is -0.396 e. The Balaban J connectivity index is 2.06. The third-order valence-electron chi connectivity index (χ3n) is 6.20. The highest BCUT2D eigenvalue weighted by molar-refractivity contribution is 5.28. The van der Waals surface area contributed by atoms with Gasteiger partial charge < -0.3 is 10.2 Å². The fourth-order valence-electron chi connectivity index (χ4n) is 5.01. The Morgan fingerprint density at radius 2 is 2.06 bits per heavy atom. The van der Waals surface area contributed by atoms with Crippen LogP contribution in [0, 0.1) is 28.6 Å². The van der Waals surface area contributed by atoms with Crippen LogP contribution in [0.3, 0.4) is 0 Å². The number of hydrogen-bond acceptors (Lipinski definition) is 2. The highest BCUT2D eigenvalue weighted by atomic mass is 16.3. The number of hydrogen-bond donors (Lipinski definition) is 2. The summed E-state index contributed by atoms with van der Waals surface area (Å²) in [6.45, 7) is 5.07. The number of rotatable bonds is 2. The third kappa shape index (κ3) is 1.29. The molecule has 2 heteroatoms. The predicted molar refractivity (Wildman–Crippen MR) is 67.4 cm³/mol. The first-order chi connectivity index (χ1) is 8.07. The normalized spacial score (nSPS) is 52.5. The highest BCUT2D eigenvalue weighted by Gasteiger charge is 2.63. The lowest BCUT2D eigenvalue weighted by Crippen LogP contribution is -2.58. The summed E-state index contributed by atoms with van der Waals surface area (Å²) in [5.41, 5.74) is 1.66. The lowest BCUT2D eigenvalue weighted by Gasteiger charge is -2.62. The van der Waals surface area contributed by atoms with Gasteiger partial charge in [0.2, 0.25) is 0 Å². The van der Waals surface area contributed by atoms with Crippen LogP contribution < -0.4 is 0 Å². The minimum absolute atomic E-state index is 0.0359. The molecular formula is C15H24O2. The Labute approximate surface area is 104 Å². The zero-order valence-electron chi connectivity index (χ0n) is 10.9. The van der Waals surface area contributed by atoms with Crippen molar-refractivity contribution in [2.24, 2.45) is 28.6 Å². The number of allylic oxidation sites excluding steroid dienone is 2. The van der Waals surface area contributed by atoms with E-state index in [1.54, 1.807) is 0 Å². The molecule has 0 aromatic rings. The molecule has 0 aromatic carbocycles. The zero-order chi connectivity index (χ0) is 12.3. The van der Waals surface area contributed by atoms with Crippen molar-refractivity contribution in [2.75, 3.05) is 13.2 Å². The van der Waals surface area contributed by atoms with E-state index < -0.39 is 0 Å². The molecule has 2 fully saturated rings. The van der Waals surface area contributed by atoms with Gasteiger partial charge in [0.25, 0.3) is 0 Å². The van der Waals surface area contributed by atoms with E-state index in [1.165, 1.54) is 12.0 Å². The minimum atomic E-state index is 0.0359. The Bertz CT molecular complexity index is 362. The SMILES string of the molecule is CC1=C[C@@H]2[C@@H]3C[C@H]1[C@]3(CO)CCC[C@@]2(C)CO. The van der Waals surface area contributed by atoms with E-state index in [1.807, 2.05) is 0 Å². The van der Waals surface area contributed by atoms with Crippen molar-refractivity contribution in [1.82, 2.24) is 0 Å². The summed E-state index contributed by atoms with van der Waals surface area (Å²) in [5, 5.41) is 19.7. The molecule has 2 saturated carbocycles. The molecule has 17 heavy (non-hydrogen) atoms. The van der Waals surface area contributed by atoms with Gasteiger partial charge in [0.05, 0.1) is 0 Å². The Hall–Kier alpha value is -0.340. The third-order valence-corrected chi connectivity index (χ3v) is 6.20. The second kappa shape index (κ2) is 3.58. The summed E-state index contributed by atoms with van der Waals surface area (Å²) >= 11 is 0. The summed E-state index contributed by atoms with van der Waals surface area (Å²) in [4.78, 5) is 0. The van der Waals surface area contributed by atoms with E-state index >= 15 is 0 Å². The molecule has 0 aliphatic heterocycles. The molecule has 2 N–H and O–H groups in total. The number of aliphatic hydroxyl groups excluding tert-OH is 2. The molecular weight excluding hydrogens is 212 g/mol. The largest absolute Gasteiger partial charge is 0.396 e. The maximum absolute atomic E-state index is 9.89. The summed E-state index contributed by atoms with van der Waals surface area (Å²) in [6.07, 6.45) is 7.05. The van der Waals surface area contributed by atoms with Gasteiger partial charge in [-0.15, -0.1) is 0 Å². The highest BCUT2D eigenvalue weighted by Crippen LogP contribution is 2.68. The molecule has 0 radical (unpaired) electrons. The molecule has 96 valence electrons. The van der Waals surface area contributed by atoms with Gasteiger partial charge in [-0.1, -0.05) is 25.0 Å². The van der Waals surface area contributed by atoms with Gasteiger partial charge in [-0.05, 0) is 49.4 Å². The molecule has 4 aliphatic carbocycles. The van der Waals surface area contributed by atoms with Gasteiger partial charge in [0.15, 0.2) is 0 Å². The van der Waals surface area contributed by atoms with Crippen LogP contribution in [0.5, 0.6) is 0 Å². The first-order valence-electron chi connectivity index (χ1n) is 6.97. The van der Waals surface area contributed by atoms with Crippen LogP contribution in [-0.2, 0) is 0 Å². The van der Waals surface area contributed by atoms with E-state index in [2.05, 4.69) is 19.9 Å². The molecule has 4 rings (SSSR count). The lowest BCUT2D eigenvalue weighted by molar-refractivity contribution is -0.125. The van der Waals surface area contributed by atoms with Gasteiger partial charge in [0, 0.05) is 18.6 Å². The summed E-state index contributed by atoms with van der Waals surface area (Å²) in [5.74, 6) is 1.71. The Morgan fingerprint density at radius 1 is 1.29 bits per heavy atom. The van der Waals surface area contributed by atoms with Gasteiger partial charge >= 0.3 is 0 Å². The molecule has 0 saturated heterocycles. The predicted octanol–water partition coefficient (Wildman–Crippen LogP) is 2.36. The Kier molecular flexibility index (Phi) is 2.47. The second-order valence-corrected chi connectivity index (χ2v) is 6.89. The van der Waals surface area contributed by atoms with E-state index in [-0.39, 0.29) is 17.4 Å². The average Bonchev–Trinajstić information content (AvgIpc) is 2.37. The van der Waals surface area contributed by atoms with E-state index in [0.29, 0.717) is 24.4 Å². The molecule has 0 amide bonds. The van der Waals surface area contributed by atoms with Crippen LogP contribution in [0.15, 0.2) is 11.6 Å². The van der Waals surface area contributed by atoms with Crippen molar-refractivity contribution in [2.45, 2.75) is 39.5 Å². The molecule has 4 bridgehead atoms. The Morgan fingerprint density at radius 3 is 2.65 bits per heavy atom. The zero-order valence-corrected chi connectivity index (χ0v) is 10.9. The maximum atomic E-state index is 9.89. The van der Waals surface area contributed by atoms with Crippen LogP contribution in [0.25, 0.3) is 0 Å². The summed E-state index contributed by atoms with van der Waals surface area (Å²) < 4.78 is 0. The molecule has 2 nitrogen and oxygen atoms in total. The van der Waals surface area contributed by atoms with Crippen LogP contribution in [0.4, 0.5) is 0 Å². The van der Waals surface area contributed by atoms with Crippen molar-refractivity contribution < 1.29 is 10.2 Å². The maximum Gasteiger partial charge on any atom is 0.0496 e. The molecule has 0 spiro atoms. The van der Waals surface area contributed by atoms with Crippen molar-refractivity contribution >= 4 is 0 Å². The topological polar surface area (TPSA) is 40.5 Å². The first-order valence-corrected chi connectivity index (χ1v) is 6.97. The van der Waals surface area contributed by atoms with E-state index in [4.69, 9.17) is 0 Å². The summed E-state index contributed by atoms with van der Waals surface area (Å²) in [6, 6.07) is 0. The van der Waals surface area contributed by atoms with Gasteiger partial charge in [-0.3, -0.25) is 0 Å². The second-order valence-electron chi connectivity index (χ2n) is 6.89. The van der Waals surface area contributed by atoms with Gasteiger partial charge in [-0.25, -0.2) is 0 Å². The van der Waals surface area contributed by atoms with Gasteiger partial charge in [-0.2, -0.15) is 0 Å². The monoisotopic (exact) mass is 236 g/mol. The summed E-state index contributed by atoms with van der Waals surface area (Å²) in [7, 11) is 0. The fourth-order valence-corrected chi connectivity index (χ4v) is 5.01. The average molecular weight is 236 g/mol. The molecule has 0 heterocycles. The first kappa shape index (κ1) is 11.7. The fraction of sp³-hybridized carbons (Fsp3) is 0.867. The molecule has 4 aliphatic rings. The van der Waals surface area contributed by atoms with E-state index in [9.17, 15) is 10.2 Å². The molecule has 0 aromatic heterocycles. The van der Waals surface area contributed by atoms with Crippen molar-refractivity contribution in [1.29, 1.82) is 0 Å². The smallest absolute Gasteiger partial charge is 0.0496 e. The standard InChI is InChI=1S/C15H24O2/c1-10-6-12-13-7-11(10)15(13,9-17)5-3-4-14(12,2)8-16/h6,11-13,16-17H,3-5,7-9H2,1-2H3/t11-,12-,13+,14+,15-/m1/s1. The van der Waals surface area contributed by atoms with Crippen LogP contribution in [0.2, 0.25) is 0 Å². The van der Waals surface area contributed by atoms with Crippen molar-refractivity contribution in [3.8, 4) is 0 Å². The van der Waals surface area contributed by atoms with Gasteiger partial charge in [0.1, 0.15) is 0 Å². The van der Waals surface area contributed by atoms with Crippen LogP contribution >= 0.6 is 0 Å². The quantitative estimate of drug-likeness (QED) is 0.723. The molecule has 0 unspecified atom stereocenters. The number of aliphatic hydroxyl groups is 2. The van der Waals surface area contributed by atoms with E-state index in [0.717, 1.165) is 19.3 Å². The van der Waals surface area contributed by atoms with Crippen LogP contribution in [-0.4, -0.2) is 23.4 Å². The lowest BCUT2D eigenvalue weighted by atomic mass is 9.42.